The number of ether oxygens (including phenoxy) is 1. The molecule has 2 N–H and O–H groups in total. The molecule has 0 radical (unpaired) electrons. The molecule has 1 aliphatic heterocycles. The predicted octanol–water partition coefficient (Wildman–Crippen LogP) is 3.18. The molecule has 2 aliphatic rings. The monoisotopic (exact) mass is 400 g/mol. The first-order chi connectivity index (χ1) is 14.1. The van der Waals surface area contributed by atoms with Crippen molar-refractivity contribution in [3.05, 3.63) is 29.8 Å². The Morgan fingerprint density at radius 1 is 1.24 bits per heavy atom. The summed E-state index contributed by atoms with van der Waals surface area (Å²) >= 11 is 0. The standard InChI is InChI=1S/C23H36N4O2/c1-17(2)16-29-21-11-7-6-10-19(21)14-25-23(24-3)26-20-12-13-27(15-20)22(28)18-8-4-5-9-18/h6-7,10-11,17-18,20H,4-5,8-9,12-16H2,1-3H3,(H2,24,25,26). The Hall–Kier alpha value is -2.24. The average molecular weight is 401 g/mol. The highest BCUT2D eigenvalue weighted by Gasteiger charge is 2.32. The van der Waals surface area contributed by atoms with Gasteiger partial charge in [0.2, 0.25) is 5.91 Å². The summed E-state index contributed by atoms with van der Waals surface area (Å²) < 4.78 is 5.94. The maximum Gasteiger partial charge on any atom is 0.225 e. The SMILES string of the molecule is CN=C(NCc1ccccc1OCC(C)C)NC1CCN(C(=O)C2CCCC2)C1. The summed E-state index contributed by atoms with van der Waals surface area (Å²) in [5.41, 5.74) is 1.11. The van der Waals surface area contributed by atoms with Gasteiger partial charge in [-0.3, -0.25) is 9.79 Å². The lowest BCUT2D eigenvalue weighted by atomic mass is 10.1. The van der Waals surface area contributed by atoms with Crippen LogP contribution in [-0.2, 0) is 11.3 Å². The molecule has 0 bridgehead atoms. The van der Waals surface area contributed by atoms with E-state index >= 15 is 0 Å². The molecule has 1 aromatic carbocycles. The van der Waals surface area contributed by atoms with Crippen molar-refractivity contribution >= 4 is 11.9 Å². The fraction of sp³-hybridized carbons (Fsp3) is 0.652. The Balaban J connectivity index is 1.48. The summed E-state index contributed by atoms with van der Waals surface area (Å²) in [6.07, 6.45) is 5.49. The van der Waals surface area contributed by atoms with Gasteiger partial charge >= 0.3 is 0 Å². The molecule has 160 valence electrons. The molecule has 3 rings (SSSR count). The molecular formula is C23H36N4O2. The number of likely N-dealkylation sites (tertiary alicyclic amines) is 1. The van der Waals surface area contributed by atoms with E-state index in [2.05, 4.69) is 35.5 Å². The fourth-order valence-electron chi connectivity index (χ4n) is 4.12. The Morgan fingerprint density at radius 2 is 2.00 bits per heavy atom. The number of aliphatic imine (C=N–C) groups is 1. The van der Waals surface area contributed by atoms with E-state index in [-0.39, 0.29) is 12.0 Å². The normalized spacial score (nSPS) is 20.3. The summed E-state index contributed by atoms with van der Waals surface area (Å²) in [4.78, 5) is 19.1. The van der Waals surface area contributed by atoms with E-state index in [0.717, 1.165) is 49.6 Å². The lowest BCUT2D eigenvalue weighted by Gasteiger charge is -2.21. The van der Waals surface area contributed by atoms with Gasteiger partial charge in [0.15, 0.2) is 5.96 Å². The Bertz CT molecular complexity index is 698. The number of guanidine groups is 1. The van der Waals surface area contributed by atoms with Gasteiger partial charge in [0, 0.05) is 44.2 Å². The number of carbonyl (C=O) groups is 1. The van der Waals surface area contributed by atoms with E-state index in [1.807, 2.05) is 23.1 Å². The fourth-order valence-corrected chi connectivity index (χ4v) is 4.12. The quantitative estimate of drug-likeness (QED) is 0.545. The molecule has 1 unspecified atom stereocenters. The predicted molar refractivity (Wildman–Crippen MR) is 117 cm³/mol. The first kappa shape index (κ1) is 21.5. The molecule has 6 heteroatoms. The number of hydrogen-bond donors (Lipinski definition) is 2. The zero-order valence-electron chi connectivity index (χ0n) is 18.1. The van der Waals surface area contributed by atoms with Crippen LogP contribution in [0.3, 0.4) is 0 Å². The molecule has 0 aromatic heterocycles. The van der Waals surface area contributed by atoms with Crippen molar-refractivity contribution < 1.29 is 9.53 Å². The van der Waals surface area contributed by atoms with E-state index in [1.165, 1.54) is 12.8 Å². The highest BCUT2D eigenvalue weighted by atomic mass is 16.5. The van der Waals surface area contributed by atoms with Gasteiger partial charge < -0.3 is 20.3 Å². The van der Waals surface area contributed by atoms with Crippen LogP contribution in [0.25, 0.3) is 0 Å². The molecule has 1 saturated carbocycles. The third kappa shape index (κ3) is 6.12. The van der Waals surface area contributed by atoms with Crippen molar-refractivity contribution in [2.75, 3.05) is 26.7 Å². The van der Waals surface area contributed by atoms with Crippen LogP contribution >= 0.6 is 0 Å². The topological polar surface area (TPSA) is 66.0 Å². The van der Waals surface area contributed by atoms with Crippen molar-refractivity contribution in [1.29, 1.82) is 0 Å². The Kier molecular flexibility index (Phi) is 7.78. The number of rotatable bonds is 7. The molecule has 1 amide bonds. The minimum absolute atomic E-state index is 0.249. The van der Waals surface area contributed by atoms with Crippen molar-refractivity contribution in [2.45, 2.75) is 58.5 Å². The molecule has 1 aromatic rings. The summed E-state index contributed by atoms with van der Waals surface area (Å²) in [7, 11) is 1.78. The van der Waals surface area contributed by atoms with Crippen LogP contribution in [0, 0.1) is 11.8 Å². The molecule has 1 heterocycles. The number of nitrogens with one attached hydrogen (secondary N) is 2. The highest BCUT2D eigenvalue weighted by molar-refractivity contribution is 5.81. The van der Waals surface area contributed by atoms with Crippen LogP contribution < -0.4 is 15.4 Å². The molecule has 6 nitrogen and oxygen atoms in total. The third-order valence-electron chi connectivity index (χ3n) is 5.76. The van der Waals surface area contributed by atoms with Gasteiger partial charge in [0.05, 0.1) is 6.61 Å². The Morgan fingerprint density at radius 3 is 2.72 bits per heavy atom. The minimum atomic E-state index is 0.249. The van der Waals surface area contributed by atoms with Crippen molar-refractivity contribution in [3.63, 3.8) is 0 Å². The first-order valence-corrected chi connectivity index (χ1v) is 11.0. The lowest BCUT2D eigenvalue weighted by Crippen LogP contribution is -2.45. The van der Waals surface area contributed by atoms with Crippen LogP contribution in [0.2, 0.25) is 0 Å². The lowest BCUT2D eigenvalue weighted by molar-refractivity contribution is -0.134. The molecule has 1 aliphatic carbocycles. The van der Waals surface area contributed by atoms with E-state index in [1.54, 1.807) is 7.05 Å². The van der Waals surface area contributed by atoms with E-state index < -0.39 is 0 Å². The van der Waals surface area contributed by atoms with Crippen molar-refractivity contribution in [2.24, 2.45) is 16.8 Å². The van der Waals surface area contributed by atoms with Gasteiger partial charge in [-0.25, -0.2) is 0 Å². The van der Waals surface area contributed by atoms with Crippen LogP contribution in [0.15, 0.2) is 29.3 Å². The summed E-state index contributed by atoms with van der Waals surface area (Å²) in [6.45, 7) is 7.26. The zero-order chi connectivity index (χ0) is 20.6. The Labute approximate surface area is 175 Å². The number of para-hydroxylation sites is 1. The zero-order valence-corrected chi connectivity index (χ0v) is 18.1. The third-order valence-corrected chi connectivity index (χ3v) is 5.76. The van der Waals surface area contributed by atoms with Crippen LogP contribution in [0.1, 0.15) is 51.5 Å². The summed E-state index contributed by atoms with van der Waals surface area (Å²) in [6, 6.07) is 8.37. The number of benzene rings is 1. The molecule has 1 saturated heterocycles. The van der Waals surface area contributed by atoms with Crippen molar-refractivity contribution in [3.8, 4) is 5.75 Å². The van der Waals surface area contributed by atoms with Gasteiger partial charge in [-0.1, -0.05) is 44.9 Å². The number of nitrogens with zero attached hydrogens (tertiary/aromatic N) is 2. The van der Waals surface area contributed by atoms with Gasteiger partial charge in [-0.2, -0.15) is 0 Å². The van der Waals surface area contributed by atoms with Crippen LogP contribution in [0.4, 0.5) is 0 Å². The molecule has 0 spiro atoms. The summed E-state index contributed by atoms with van der Waals surface area (Å²) in [5.74, 6) is 2.78. The second-order valence-electron chi connectivity index (χ2n) is 8.63. The largest absolute Gasteiger partial charge is 0.493 e. The van der Waals surface area contributed by atoms with E-state index in [9.17, 15) is 4.79 Å². The van der Waals surface area contributed by atoms with Crippen molar-refractivity contribution in [1.82, 2.24) is 15.5 Å². The summed E-state index contributed by atoms with van der Waals surface area (Å²) in [5, 5.41) is 6.88. The van der Waals surface area contributed by atoms with Crippen LogP contribution in [-0.4, -0.2) is 49.6 Å². The van der Waals surface area contributed by atoms with Gasteiger partial charge in [-0.05, 0) is 31.2 Å². The van der Waals surface area contributed by atoms with Gasteiger partial charge in [0.25, 0.3) is 0 Å². The number of amides is 1. The molecule has 1 atom stereocenters. The van der Waals surface area contributed by atoms with E-state index in [0.29, 0.717) is 25.0 Å². The first-order valence-electron chi connectivity index (χ1n) is 11.0. The number of hydrogen-bond acceptors (Lipinski definition) is 3. The molecular weight excluding hydrogens is 364 g/mol. The second kappa shape index (κ2) is 10.5. The average Bonchev–Trinajstić information content (AvgIpc) is 3.42. The molecule has 2 fully saturated rings. The van der Waals surface area contributed by atoms with Crippen LogP contribution in [0.5, 0.6) is 5.75 Å². The molecule has 29 heavy (non-hydrogen) atoms. The minimum Gasteiger partial charge on any atom is -0.493 e. The number of carbonyl (C=O) groups excluding carboxylic acids is 1. The maximum absolute atomic E-state index is 12.6. The smallest absolute Gasteiger partial charge is 0.225 e. The maximum atomic E-state index is 12.6. The van der Waals surface area contributed by atoms with Gasteiger partial charge in [0.1, 0.15) is 5.75 Å². The second-order valence-corrected chi connectivity index (χ2v) is 8.63. The van der Waals surface area contributed by atoms with E-state index in [4.69, 9.17) is 4.74 Å². The highest BCUT2D eigenvalue weighted by Crippen LogP contribution is 2.27. The van der Waals surface area contributed by atoms with Gasteiger partial charge in [-0.15, -0.1) is 0 Å².